The molecule has 10 heteroatoms. The first-order valence-electron chi connectivity index (χ1n) is 12.2. The Kier molecular flexibility index (Phi) is 8.62. The maximum atomic E-state index is 13.5. The Labute approximate surface area is 225 Å². The highest BCUT2D eigenvalue weighted by Crippen LogP contribution is 2.40. The highest BCUT2D eigenvalue weighted by Gasteiger charge is 2.25. The summed E-state index contributed by atoms with van der Waals surface area (Å²) < 4.78 is 27.2. The predicted molar refractivity (Wildman–Crippen MR) is 144 cm³/mol. The van der Waals surface area contributed by atoms with Gasteiger partial charge in [0.25, 0.3) is 0 Å². The minimum atomic E-state index is -0.560. The van der Waals surface area contributed by atoms with Crippen molar-refractivity contribution in [3.63, 3.8) is 0 Å². The summed E-state index contributed by atoms with van der Waals surface area (Å²) >= 11 is 1.28. The molecule has 0 radical (unpaired) electrons. The number of aromatic nitrogens is 3. The van der Waals surface area contributed by atoms with Crippen LogP contribution in [-0.4, -0.2) is 32.8 Å². The highest BCUT2D eigenvalue weighted by atomic mass is 32.2. The van der Waals surface area contributed by atoms with Crippen molar-refractivity contribution in [2.75, 3.05) is 13.2 Å². The Bertz CT molecular complexity index is 1440. The summed E-state index contributed by atoms with van der Waals surface area (Å²) in [7, 11) is 0. The second-order valence-corrected chi connectivity index (χ2v) is 9.98. The van der Waals surface area contributed by atoms with Gasteiger partial charge in [0, 0.05) is 10.6 Å². The third kappa shape index (κ3) is 6.49. The third-order valence-corrected chi connectivity index (χ3v) is 7.21. The topological polar surface area (TPSA) is 92.3 Å². The van der Waals surface area contributed by atoms with Crippen LogP contribution in [0.5, 0.6) is 11.5 Å². The van der Waals surface area contributed by atoms with Crippen molar-refractivity contribution < 1.29 is 18.8 Å². The molecule has 0 amide bonds. The first-order chi connectivity index (χ1) is 18.2. The number of rotatable bonds is 11. The normalized spacial score (nSPS) is 11.8. The van der Waals surface area contributed by atoms with Gasteiger partial charge in [0.2, 0.25) is 6.54 Å². The Hall–Kier alpha value is -3.92. The molecule has 198 valence electrons. The molecule has 0 aliphatic rings. The van der Waals surface area contributed by atoms with E-state index in [-0.39, 0.29) is 23.9 Å². The highest BCUT2D eigenvalue weighted by molar-refractivity contribution is 7.99. The quantitative estimate of drug-likeness (QED) is 0.124. The van der Waals surface area contributed by atoms with Crippen molar-refractivity contribution in [2.45, 2.75) is 44.7 Å². The smallest absolute Gasteiger partial charge is 0.220 e. The molecule has 4 aromatic rings. The van der Waals surface area contributed by atoms with Crippen LogP contribution in [0.25, 0.3) is 5.69 Å². The van der Waals surface area contributed by atoms with Gasteiger partial charge in [-0.15, -0.1) is 10.2 Å². The monoisotopic (exact) mass is 536 g/mol. The number of benzene rings is 3. The molecule has 0 aliphatic carbocycles. The molecule has 0 bridgehead atoms. The van der Waals surface area contributed by atoms with Crippen molar-refractivity contribution >= 4 is 11.8 Å². The predicted octanol–water partition coefficient (Wildman–Crippen LogP) is 6.42. The third-order valence-electron chi connectivity index (χ3n) is 6.03. The van der Waals surface area contributed by atoms with E-state index in [9.17, 15) is 14.5 Å². The molecule has 4 rings (SSSR count). The van der Waals surface area contributed by atoms with Gasteiger partial charge in [-0.25, -0.2) is 4.39 Å². The maximum Gasteiger partial charge on any atom is 0.220 e. The molecule has 3 aromatic carbocycles. The van der Waals surface area contributed by atoms with Crippen LogP contribution in [0.4, 0.5) is 4.39 Å². The van der Waals surface area contributed by atoms with Gasteiger partial charge in [-0.1, -0.05) is 36.0 Å². The lowest BCUT2D eigenvalue weighted by molar-refractivity contribution is -0.479. The fourth-order valence-electron chi connectivity index (χ4n) is 3.95. The van der Waals surface area contributed by atoms with Gasteiger partial charge < -0.3 is 9.47 Å². The molecule has 0 fully saturated rings. The van der Waals surface area contributed by atoms with Crippen molar-refractivity contribution in [3.05, 3.63) is 105 Å². The average Bonchev–Trinajstić information content (AvgIpc) is 3.24. The number of hydrogen-bond donors (Lipinski definition) is 0. The number of nitrogens with zero attached hydrogens (tertiary/aromatic N) is 4. The molecular weight excluding hydrogens is 507 g/mol. The Morgan fingerprint density at radius 3 is 2.53 bits per heavy atom. The number of aryl methyl sites for hydroxylation is 3. The van der Waals surface area contributed by atoms with E-state index < -0.39 is 5.25 Å². The minimum Gasteiger partial charge on any atom is -0.490 e. The van der Waals surface area contributed by atoms with E-state index in [0.717, 1.165) is 11.3 Å². The van der Waals surface area contributed by atoms with Crippen LogP contribution >= 0.6 is 11.8 Å². The summed E-state index contributed by atoms with van der Waals surface area (Å²) in [5.41, 5.74) is 4.57. The summed E-state index contributed by atoms with van der Waals surface area (Å²) in [6, 6.07) is 17.5. The summed E-state index contributed by atoms with van der Waals surface area (Å²) in [5.74, 6) is 1.28. The molecule has 8 nitrogen and oxygen atoms in total. The molecule has 1 heterocycles. The number of nitro groups is 1. The lowest BCUT2D eigenvalue weighted by Gasteiger charge is -2.18. The van der Waals surface area contributed by atoms with Gasteiger partial charge in [-0.3, -0.25) is 14.7 Å². The van der Waals surface area contributed by atoms with Gasteiger partial charge in [-0.2, -0.15) is 0 Å². The molecule has 0 aliphatic heterocycles. The van der Waals surface area contributed by atoms with Crippen LogP contribution in [0.2, 0.25) is 0 Å². The van der Waals surface area contributed by atoms with Gasteiger partial charge in [0.1, 0.15) is 23.5 Å². The fourth-order valence-corrected chi connectivity index (χ4v) is 5.12. The second-order valence-electron chi connectivity index (χ2n) is 8.81. The summed E-state index contributed by atoms with van der Waals surface area (Å²) in [4.78, 5) is 11.3. The van der Waals surface area contributed by atoms with Crippen molar-refractivity contribution in [1.82, 2.24) is 14.8 Å². The molecular formula is C28H29FN4O4S. The first-order valence-corrected chi connectivity index (χ1v) is 13.0. The minimum absolute atomic E-state index is 0.155. The molecule has 1 aromatic heterocycles. The molecule has 38 heavy (non-hydrogen) atoms. The van der Waals surface area contributed by atoms with Gasteiger partial charge >= 0.3 is 0 Å². The zero-order chi connectivity index (χ0) is 27.2. The van der Waals surface area contributed by atoms with E-state index in [1.165, 1.54) is 29.5 Å². The Morgan fingerprint density at radius 1 is 1.00 bits per heavy atom. The molecule has 0 spiro atoms. The Morgan fingerprint density at radius 2 is 1.82 bits per heavy atom. The first kappa shape index (κ1) is 27.1. The molecule has 0 unspecified atom stereocenters. The van der Waals surface area contributed by atoms with Crippen molar-refractivity contribution in [1.29, 1.82) is 0 Å². The van der Waals surface area contributed by atoms with Gasteiger partial charge in [-0.05, 0) is 86.3 Å². The van der Waals surface area contributed by atoms with Crippen LogP contribution in [0, 0.1) is 36.7 Å². The average molecular weight is 537 g/mol. The van der Waals surface area contributed by atoms with Crippen LogP contribution in [0.3, 0.4) is 0 Å². The molecule has 0 N–H and O–H groups in total. The summed E-state index contributed by atoms with van der Waals surface area (Å²) in [5, 5.41) is 20.2. The van der Waals surface area contributed by atoms with E-state index in [1.54, 1.807) is 30.3 Å². The number of hydrogen-bond acceptors (Lipinski definition) is 7. The lowest BCUT2D eigenvalue weighted by atomic mass is 10.1. The number of halogens is 1. The second kappa shape index (κ2) is 12.1. The zero-order valence-electron chi connectivity index (χ0n) is 21.7. The van der Waals surface area contributed by atoms with Gasteiger partial charge in [0.05, 0.1) is 6.61 Å². The van der Waals surface area contributed by atoms with E-state index in [4.69, 9.17) is 9.47 Å². The van der Waals surface area contributed by atoms with E-state index in [0.29, 0.717) is 40.2 Å². The standard InChI is InChI=1S/C28H29FN4O4S/c1-5-36-26-15-22(10-12-25(26)37-17-21-7-6-8-23(29)14-21)27(16-32(34)35)38-28-31-30-20(4)33(28)24-11-9-18(2)19(3)13-24/h6-15,27H,5,16-17H2,1-4H3/t27-/m1/s1. The largest absolute Gasteiger partial charge is 0.490 e. The summed E-state index contributed by atoms with van der Waals surface area (Å²) in [6.07, 6.45) is 0. The van der Waals surface area contributed by atoms with Crippen LogP contribution in [-0.2, 0) is 6.61 Å². The van der Waals surface area contributed by atoms with Crippen LogP contribution in [0.1, 0.15) is 40.3 Å². The molecule has 1 atom stereocenters. The van der Waals surface area contributed by atoms with E-state index in [2.05, 4.69) is 16.3 Å². The Balaban J connectivity index is 1.63. The van der Waals surface area contributed by atoms with Crippen LogP contribution in [0.15, 0.2) is 65.8 Å². The molecule has 0 saturated carbocycles. The molecule has 0 saturated heterocycles. The zero-order valence-corrected chi connectivity index (χ0v) is 22.5. The lowest BCUT2D eigenvalue weighted by Crippen LogP contribution is -2.12. The SMILES string of the molecule is CCOc1cc([C@@H](C[N+](=O)[O-])Sc2nnc(C)n2-c2ccc(C)c(C)c2)ccc1OCc1cccc(F)c1. The number of ether oxygens (including phenoxy) is 2. The van der Waals surface area contributed by atoms with Gasteiger partial charge in [0.15, 0.2) is 16.7 Å². The maximum absolute atomic E-state index is 13.5. The van der Waals surface area contributed by atoms with Crippen molar-refractivity contribution in [3.8, 4) is 17.2 Å². The van der Waals surface area contributed by atoms with Crippen molar-refractivity contribution in [2.24, 2.45) is 0 Å². The summed E-state index contributed by atoms with van der Waals surface area (Å²) in [6.45, 7) is 8.00. The number of thioether (sulfide) groups is 1. The van der Waals surface area contributed by atoms with E-state index >= 15 is 0 Å². The fraction of sp³-hybridized carbons (Fsp3) is 0.286. The van der Waals surface area contributed by atoms with Crippen LogP contribution < -0.4 is 9.47 Å². The van der Waals surface area contributed by atoms with E-state index in [1.807, 2.05) is 44.4 Å².